The molecule has 6 heteroatoms. The molecule has 0 aliphatic heterocycles. The predicted molar refractivity (Wildman–Crippen MR) is 72.4 cm³/mol. The number of aromatic nitrogens is 2. The first-order valence-electron chi connectivity index (χ1n) is 6.15. The van der Waals surface area contributed by atoms with Gasteiger partial charge in [-0.05, 0) is 26.0 Å². The van der Waals surface area contributed by atoms with Crippen LogP contribution in [-0.4, -0.2) is 28.9 Å². The number of hydrogen-bond donors (Lipinski definition) is 0. The molecule has 2 rings (SSSR count). The molecule has 0 aliphatic rings. The fourth-order valence-corrected chi connectivity index (χ4v) is 1.57. The minimum absolute atomic E-state index is 0.179. The van der Waals surface area contributed by atoms with E-state index in [1.807, 2.05) is 24.3 Å². The molecular weight excluding hydrogens is 260 g/mol. The van der Waals surface area contributed by atoms with E-state index in [4.69, 9.17) is 14.2 Å². The SMILES string of the molecule is COc1cccc(-n2cnc(OC(=O)OC(C)C)c2)c1. The highest BCUT2D eigenvalue weighted by Crippen LogP contribution is 2.18. The fourth-order valence-electron chi connectivity index (χ4n) is 1.57. The molecule has 0 N–H and O–H groups in total. The minimum atomic E-state index is -0.768. The van der Waals surface area contributed by atoms with Crippen molar-refractivity contribution in [2.45, 2.75) is 20.0 Å². The van der Waals surface area contributed by atoms with Crippen molar-refractivity contribution in [3.63, 3.8) is 0 Å². The van der Waals surface area contributed by atoms with Crippen molar-refractivity contribution >= 4 is 6.16 Å². The molecule has 20 heavy (non-hydrogen) atoms. The van der Waals surface area contributed by atoms with E-state index < -0.39 is 6.16 Å². The van der Waals surface area contributed by atoms with Gasteiger partial charge in [0, 0.05) is 6.07 Å². The Bertz CT molecular complexity index is 592. The number of rotatable bonds is 4. The standard InChI is InChI=1S/C14H16N2O4/c1-10(2)19-14(17)20-13-8-16(9-15-13)11-5-4-6-12(7-11)18-3/h4-10H,1-3H3. The Morgan fingerprint density at radius 3 is 2.85 bits per heavy atom. The average molecular weight is 276 g/mol. The molecule has 2 aromatic rings. The number of carbonyl (C=O) groups excluding carboxylic acids is 1. The van der Waals surface area contributed by atoms with Crippen molar-refractivity contribution in [1.29, 1.82) is 0 Å². The molecule has 0 aliphatic carbocycles. The normalized spacial score (nSPS) is 10.4. The molecule has 0 radical (unpaired) electrons. The summed E-state index contributed by atoms with van der Waals surface area (Å²) in [6.07, 6.45) is 2.14. The molecule has 0 saturated heterocycles. The largest absolute Gasteiger partial charge is 0.515 e. The van der Waals surface area contributed by atoms with E-state index in [1.165, 1.54) is 0 Å². The van der Waals surface area contributed by atoms with Crippen LogP contribution < -0.4 is 9.47 Å². The molecule has 0 fully saturated rings. The molecule has 1 aromatic heterocycles. The molecule has 0 spiro atoms. The number of carbonyl (C=O) groups is 1. The van der Waals surface area contributed by atoms with E-state index in [-0.39, 0.29) is 12.0 Å². The quantitative estimate of drug-likeness (QED) is 0.803. The Morgan fingerprint density at radius 1 is 1.35 bits per heavy atom. The first kappa shape index (κ1) is 13.9. The van der Waals surface area contributed by atoms with Crippen LogP contribution in [0.1, 0.15) is 13.8 Å². The summed E-state index contributed by atoms with van der Waals surface area (Å²) in [7, 11) is 1.60. The summed E-state index contributed by atoms with van der Waals surface area (Å²) in [6.45, 7) is 3.49. The van der Waals surface area contributed by atoms with Crippen molar-refractivity contribution < 1.29 is 19.0 Å². The summed E-state index contributed by atoms with van der Waals surface area (Å²) < 4.78 is 16.7. The summed E-state index contributed by atoms with van der Waals surface area (Å²) in [6, 6.07) is 7.44. The van der Waals surface area contributed by atoms with Crippen molar-refractivity contribution in [3.8, 4) is 17.3 Å². The first-order valence-corrected chi connectivity index (χ1v) is 6.15. The number of methoxy groups -OCH3 is 1. The van der Waals surface area contributed by atoms with Gasteiger partial charge in [-0.25, -0.2) is 9.78 Å². The molecule has 0 unspecified atom stereocenters. The van der Waals surface area contributed by atoms with E-state index >= 15 is 0 Å². The summed E-state index contributed by atoms with van der Waals surface area (Å²) in [4.78, 5) is 15.3. The Labute approximate surface area is 116 Å². The van der Waals surface area contributed by atoms with Gasteiger partial charge in [0.15, 0.2) is 0 Å². The van der Waals surface area contributed by atoms with Crippen LogP contribution in [0.25, 0.3) is 5.69 Å². The van der Waals surface area contributed by atoms with Crippen LogP contribution in [0.4, 0.5) is 4.79 Å². The first-order chi connectivity index (χ1) is 9.58. The van der Waals surface area contributed by atoms with Gasteiger partial charge < -0.3 is 18.8 Å². The Hall–Kier alpha value is -2.50. The van der Waals surface area contributed by atoms with Crippen molar-refractivity contribution in [3.05, 3.63) is 36.8 Å². The van der Waals surface area contributed by atoms with E-state index in [0.29, 0.717) is 0 Å². The molecule has 106 valence electrons. The summed E-state index contributed by atoms with van der Waals surface area (Å²) in [5.74, 6) is 0.913. The zero-order valence-electron chi connectivity index (χ0n) is 11.6. The second kappa shape index (κ2) is 6.10. The van der Waals surface area contributed by atoms with Crippen molar-refractivity contribution in [2.24, 2.45) is 0 Å². The zero-order valence-corrected chi connectivity index (χ0v) is 11.6. The Morgan fingerprint density at radius 2 is 2.15 bits per heavy atom. The van der Waals surface area contributed by atoms with Crippen LogP contribution >= 0.6 is 0 Å². The van der Waals surface area contributed by atoms with E-state index in [2.05, 4.69) is 4.98 Å². The van der Waals surface area contributed by atoms with Gasteiger partial charge in [-0.2, -0.15) is 0 Å². The molecule has 0 saturated carbocycles. The zero-order chi connectivity index (χ0) is 14.5. The summed E-state index contributed by atoms with van der Waals surface area (Å²) in [5.41, 5.74) is 0.851. The molecule has 0 atom stereocenters. The summed E-state index contributed by atoms with van der Waals surface area (Å²) >= 11 is 0. The number of hydrogen-bond acceptors (Lipinski definition) is 5. The Kier molecular flexibility index (Phi) is 4.24. The molecular formula is C14H16N2O4. The number of imidazole rings is 1. The van der Waals surface area contributed by atoms with Gasteiger partial charge in [-0.3, -0.25) is 0 Å². The number of ether oxygens (including phenoxy) is 3. The fraction of sp³-hybridized carbons (Fsp3) is 0.286. The third-order valence-electron chi connectivity index (χ3n) is 2.43. The van der Waals surface area contributed by atoms with Crippen molar-refractivity contribution in [1.82, 2.24) is 9.55 Å². The van der Waals surface area contributed by atoms with Gasteiger partial charge in [0.1, 0.15) is 12.1 Å². The number of benzene rings is 1. The maximum Gasteiger partial charge on any atom is 0.515 e. The lowest BCUT2D eigenvalue weighted by Crippen LogP contribution is -2.15. The lowest BCUT2D eigenvalue weighted by atomic mass is 10.3. The molecule has 1 aromatic carbocycles. The van der Waals surface area contributed by atoms with Crippen LogP contribution in [0.15, 0.2) is 36.8 Å². The van der Waals surface area contributed by atoms with Crippen LogP contribution in [0.3, 0.4) is 0 Å². The molecule has 1 heterocycles. The lowest BCUT2D eigenvalue weighted by molar-refractivity contribution is 0.0717. The van der Waals surface area contributed by atoms with Crippen LogP contribution in [0.2, 0.25) is 0 Å². The second-order valence-electron chi connectivity index (χ2n) is 4.34. The van der Waals surface area contributed by atoms with Gasteiger partial charge in [-0.1, -0.05) is 6.07 Å². The van der Waals surface area contributed by atoms with Gasteiger partial charge in [0.25, 0.3) is 0 Å². The van der Waals surface area contributed by atoms with E-state index in [9.17, 15) is 4.79 Å². The molecule has 6 nitrogen and oxygen atoms in total. The van der Waals surface area contributed by atoms with E-state index in [0.717, 1.165) is 11.4 Å². The van der Waals surface area contributed by atoms with Crippen LogP contribution in [0, 0.1) is 0 Å². The third kappa shape index (κ3) is 3.50. The average Bonchev–Trinajstić information content (AvgIpc) is 2.86. The highest BCUT2D eigenvalue weighted by Gasteiger charge is 2.11. The highest BCUT2D eigenvalue weighted by molar-refractivity contribution is 5.63. The van der Waals surface area contributed by atoms with Gasteiger partial charge >= 0.3 is 6.16 Å². The van der Waals surface area contributed by atoms with E-state index in [1.54, 1.807) is 38.0 Å². The van der Waals surface area contributed by atoms with Gasteiger partial charge in [0.2, 0.25) is 5.88 Å². The second-order valence-corrected chi connectivity index (χ2v) is 4.34. The smallest absolute Gasteiger partial charge is 0.497 e. The highest BCUT2D eigenvalue weighted by atomic mass is 16.7. The molecule has 0 amide bonds. The predicted octanol–water partition coefficient (Wildman–Crippen LogP) is 2.80. The van der Waals surface area contributed by atoms with Gasteiger partial charge in [-0.15, -0.1) is 0 Å². The minimum Gasteiger partial charge on any atom is -0.497 e. The monoisotopic (exact) mass is 276 g/mol. The lowest BCUT2D eigenvalue weighted by Gasteiger charge is -2.06. The van der Waals surface area contributed by atoms with Gasteiger partial charge in [0.05, 0.1) is 25.1 Å². The topological polar surface area (TPSA) is 62.6 Å². The Balaban J connectivity index is 2.10. The van der Waals surface area contributed by atoms with Crippen molar-refractivity contribution in [2.75, 3.05) is 7.11 Å². The van der Waals surface area contributed by atoms with Crippen LogP contribution in [-0.2, 0) is 4.74 Å². The number of nitrogens with zero attached hydrogens (tertiary/aromatic N) is 2. The molecule has 0 bridgehead atoms. The summed E-state index contributed by atoms with van der Waals surface area (Å²) in [5, 5.41) is 0. The van der Waals surface area contributed by atoms with Crippen LogP contribution in [0.5, 0.6) is 11.6 Å². The maximum absolute atomic E-state index is 11.4. The third-order valence-corrected chi connectivity index (χ3v) is 2.43. The maximum atomic E-state index is 11.4.